The number of nitrogens with one attached hydrogen (secondary N) is 1. The molecule has 1 fully saturated rings. The summed E-state index contributed by atoms with van der Waals surface area (Å²) in [6.45, 7) is 0.583. The number of phenols is 1. The average molecular weight is 311 g/mol. The first-order chi connectivity index (χ1) is 9.20. The molecule has 0 saturated carbocycles. The maximum Gasteiger partial charge on any atom is 0.419 e. The van der Waals surface area contributed by atoms with E-state index in [0.717, 1.165) is 6.07 Å². The molecular formula is C11H12F3NO4S. The molecule has 9 heteroatoms. The van der Waals surface area contributed by atoms with Crippen molar-refractivity contribution in [2.75, 3.05) is 13.2 Å². The summed E-state index contributed by atoms with van der Waals surface area (Å²) in [5, 5.41) is 9.17. The second-order valence-corrected chi connectivity index (χ2v) is 6.07. The smallest absolute Gasteiger partial charge is 0.419 e. The highest BCUT2D eigenvalue weighted by atomic mass is 32.2. The summed E-state index contributed by atoms with van der Waals surface area (Å²) in [6.07, 6.45) is -4.37. The van der Waals surface area contributed by atoms with Crippen molar-refractivity contribution in [2.24, 2.45) is 0 Å². The van der Waals surface area contributed by atoms with Crippen LogP contribution in [0, 0.1) is 0 Å². The molecule has 1 heterocycles. The lowest BCUT2D eigenvalue weighted by Gasteiger charge is -2.14. The highest BCUT2D eigenvalue weighted by molar-refractivity contribution is 7.89. The fraction of sp³-hybridized carbons (Fsp3) is 0.455. The lowest BCUT2D eigenvalue weighted by molar-refractivity contribution is -0.138. The molecule has 20 heavy (non-hydrogen) atoms. The molecule has 0 aliphatic carbocycles. The van der Waals surface area contributed by atoms with Gasteiger partial charge in [-0.25, -0.2) is 13.1 Å². The van der Waals surface area contributed by atoms with E-state index in [2.05, 4.69) is 4.72 Å². The van der Waals surface area contributed by atoms with Crippen molar-refractivity contribution in [3.8, 4) is 5.75 Å². The summed E-state index contributed by atoms with van der Waals surface area (Å²) in [4.78, 5) is -0.547. The highest BCUT2D eigenvalue weighted by Gasteiger charge is 2.35. The monoisotopic (exact) mass is 311 g/mol. The Kier molecular flexibility index (Phi) is 3.94. The van der Waals surface area contributed by atoms with E-state index < -0.39 is 38.4 Å². The van der Waals surface area contributed by atoms with Crippen molar-refractivity contribution >= 4 is 10.0 Å². The van der Waals surface area contributed by atoms with Gasteiger partial charge in [0.05, 0.1) is 17.1 Å². The molecular weight excluding hydrogens is 299 g/mol. The molecule has 0 amide bonds. The van der Waals surface area contributed by atoms with Crippen LogP contribution in [-0.4, -0.2) is 32.8 Å². The number of ether oxygens (including phenoxy) is 1. The zero-order chi connectivity index (χ0) is 15.0. The van der Waals surface area contributed by atoms with Gasteiger partial charge in [-0.15, -0.1) is 0 Å². The zero-order valence-corrected chi connectivity index (χ0v) is 11.0. The summed E-state index contributed by atoms with van der Waals surface area (Å²) in [5.41, 5.74) is -1.39. The van der Waals surface area contributed by atoms with Crippen molar-refractivity contribution in [3.05, 3.63) is 23.8 Å². The molecule has 1 aromatic carbocycles. The first-order valence-corrected chi connectivity index (χ1v) is 7.19. The second kappa shape index (κ2) is 5.23. The number of hydrogen-bond acceptors (Lipinski definition) is 4. The molecule has 1 aliphatic rings. The molecule has 0 aromatic heterocycles. The van der Waals surface area contributed by atoms with Gasteiger partial charge in [-0.1, -0.05) is 0 Å². The summed E-state index contributed by atoms with van der Waals surface area (Å²) < 4.78 is 69.1. The van der Waals surface area contributed by atoms with E-state index in [9.17, 15) is 21.6 Å². The second-order valence-electron chi connectivity index (χ2n) is 4.36. The lowest BCUT2D eigenvalue weighted by Crippen LogP contribution is -2.35. The van der Waals surface area contributed by atoms with Crippen LogP contribution in [0.5, 0.6) is 5.75 Å². The molecule has 0 bridgehead atoms. The Morgan fingerprint density at radius 2 is 2.05 bits per heavy atom. The fourth-order valence-corrected chi connectivity index (χ4v) is 3.11. The third-order valence-electron chi connectivity index (χ3n) is 2.84. The number of sulfonamides is 1. The van der Waals surface area contributed by atoms with Crippen LogP contribution in [-0.2, 0) is 20.9 Å². The highest BCUT2D eigenvalue weighted by Crippen LogP contribution is 2.36. The molecule has 1 unspecified atom stereocenters. The molecule has 1 atom stereocenters. The first-order valence-electron chi connectivity index (χ1n) is 5.70. The van der Waals surface area contributed by atoms with Crippen LogP contribution in [0.25, 0.3) is 0 Å². The number of hydrogen-bond donors (Lipinski definition) is 2. The van der Waals surface area contributed by atoms with E-state index in [-0.39, 0.29) is 6.61 Å². The van der Waals surface area contributed by atoms with Gasteiger partial charge >= 0.3 is 6.18 Å². The van der Waals surface area contributed by atoms with Gasteiger partial charge in [-0.2, -0.15) is 13.2 Å². The summed E-state index contributed by atoms with van der Waals surface area (Å²) in [6, 6.07) is 1.58. The minimum Gasteiger partial charge on any atom is -0.507 e. The predicted molar refractivity (Wildman–Crippen MR) is 62.7 cm³/mol. The van der Waals surface area contributed by atoms with Gasteiger partial charge in [0, 0.05) is 12.6 Å². The molecule has 1 saturated heterocycles. The largest absolute Gasteiger partial charge is 0.507 e. The average Bonchev–Trinajstić information content (AvgIpc) is 2.79. The fourth-order valence-electron chi connectivity index (χ4n) is 1.82. The SMILES string of the molecule is O=S(=O)(NC1CCOC1)c1ccc(O)c(C(F)(F)F)c1. The summed E-state index contributed by atoms with van der Waals surface area (Å²) >= 11 is 0. The van der Waals surface area contributed by atoms with E-state index in [1.54, 1.807) is 0 Å². The summed E-state index contributed by atoms with van der Waals surface area (Å²) in [5.74, 6) is -1.01. The number of phenolic OH excluding ortho intramolecular Hbond substituents is 1. The normalized spacial score (nSPS) is 20.2. The topological polar surface area (TPSA) is 75.6 Å². The third-order valence-corrected chi connectivity index (χ3v) is 4.35. The van der Waals surface area contributed by atoms with Gasteiger partial charge in [0.1, 0.15) is 5.75 Å². The molecule has 0 radical (unpaired) electrons. The Hall–Kier alpha value is -1.32. The van der Waals surface area contributed by atoms with Crippen molar-refractivity contribution in [1.82, 2.24) is 4.72 Å². The van der Waals surface area contributed by atoms with Crippen molar-refractivity contribution in [2.45, 2.75) is 23.5 Å². The van der Waals surface area contributed by atoms with Crippen molar-refractivity contribution in [3.63, 3.8) is 0 Å². The standard InChI is InChI=1S/C11H12F3NO4S/c12-11(13,14)9-5-8(1-2-10(9)16)20(17,18)15-7-3-4-19-6-7/h1-2,5,7,15-16H,3-4,6H2. The number of halogens is 3. The van der Waals surface area contributed by atoms with Crippen LogP contribution in [0.3, 0.4) is 0 Å². The molecule has 5 nitrogen and oxygen atoms in total. The van der Waals surface area contributed by atoms with Crippen LogP contribution < -0.4 is 4.72 Å². The van der Waals surface area contributed by atoms with E-state index in [1.807, 2.05) is 0 Å². The van der Waals surface area contributed by atoms with Gasteiger partial charge in [0.25, 0.3) is 0 Å². The number of aromatic hydroxyl groups is 1. The Labute approximate surface area is 113 Å². The van der Waals surface area contributed by atoms with E-state index >= 15 is 0 Å². The Bertz CT molecular complexity index is 594. The number of alkyl halides is 3. The van der Waals surface area contributed by atoms with Crippen molar-refractivity contribution < 1.29 is 31.4 Å². The molecule has 2 rings (SSSR count). The quantitative estimate of drug-likeness (QED) is 0.886. The molecule has 112 valence electrons. The van der Waals surface area contributed by atoms with Gasteiger partial charge < -0.3 is 9.84 Å². The predicted octanol–water partition coefficient (Wildman–Crippen LogP) is 1.48. The molecule has 0 spiro atoms. The van der Waals surface area contributed by atoms with Crippen LogP contribution in [0.2, 0.25) is 0 Å². The Morgan fingerprint density at radius 3 is 2.60 bits per heavy atom. The van der Waals surface area contributed by atoms with Gasteiger partial charge in [0.15, 0.2) is 0 Å². The van der Waals surface area contributed by atoms with Crippen LogP contribution >= 0.6 is 0 Å². The molecule has 2 N–H and O–H groups in total. The van der Waals surface area contributed by atoms with Gasteiger partial charge in [-0.3, -0.25) is 0 Å². The van der Waals surface area contributed by atoms with E-state index in [0.29, 0.717) is 25.2 Å². The molecule has 1 aliphatic heterocycles. The molecule has 1 aromatic rings. The van der Waals surface area contributed by atoms with Gasteiger partial charge in [0.2, 0.25) is 10.0 Å². The number of benzene rings is 1. The van der Waals surface area contributed by atoms with E-state index in [4.69, 9.17) is 9.84 Å². The van der Waals surface area contributed by atoms with Crippen molar-refractivity contribution in [1.29, 1.82) is 0 Å². The minimum absolute atomic E-state index is 0.184. The van der Waals surface area contributed by atoms with Crippen LogP contribution in [0.4, 0.5) is 13.2 Å². The number of rotatable bonds is 3. The van der Waals surface area contributed by atoms with Crippen LogP contribution in [0.1, 0.15) is 12.0 Å². The third kappa shape index (κ3) is 3.22. The summed E-state index contributed by atoms with van der Waals surface area (Å²) in [7, 11) is -4.08. The maximum absolute atomic E-state index is 12.6. The van der Waals surface area contributed by atoms with E-state index in [1.165, 1.54) is 0 Å². The lowest BCUT2D eigenvalue weighted by atomic mass is 10.2. The zero-order valence-electron chi connectivity index (χ0n) is 10.1. The Balaban J connectivity index is 2.32. The van der Waals surface area contributed by atoms with Gasteiger partial charge in [-0.05, 0) is 24.6 Å². The maximum atomic E-state index is 12.6. The van der Waals surface area contributed by atoms with Crippen LogP contribution in [0.15, 0.2) is 23.1 Å². The minimum atomic E-state index is -4.83. The Morgan fingerprint density at radius 1 is 1.35 bits per heavy atom. The first kappa shape index (κ1) is 15.1.